The molecule has 0 spiro atoms. The number of fused-ring (bicyclic) bond motifs is 1. The highest BCUT2D eigenvalue weighted by Crippen LogP contribution is 2.32. The number of alkyl halides is 3. The molecule has 1 N–H and O–H groups in total. The normalized spacial score (nSPS) is 13.2. The van der Waals surface area contributed by atoms with Gasteiger partial charge in [-0.3, -0.25) is 9.59 Å². The number of nitrogens with one attached hydrogen (secondary N) is 1. The number of nitrogens with zero attached hydrogens (tertiary/aromatic N) is 1. The van der Waals surface area contributed by atoms with E-state index in [2.05, 4.69) is 5.32 Å². The Balaban J connectivity index is 1.32. The van der Waals surface area contributed by atoms with Gasteiger partial charge in [-0.05, 0) is 70.5 Å². The van der Waals surface area contributed by atoms with E-state index in [4.69, 9.17) is 0 Å². The first-order valence-electron chi connectivity index (χ1n) is 11.3. The lowest BCUT2D eigenvalue weighted by molar-refractivity contribution is -0.137. The van der Waals surface area contributed by atoms with Crippen molar-refractivity contribution in [3.8, 4) is 11.1 Å². The van der Waals surface area contributed by atoms with E-state index in [0.29, 0.717) is 46.8 Å². The molecule has 0 atom stereocenters. The molecule has 4 nitrogen and oxygen atoms in total. The van der Waals surface area contributed by atoms with Gasteiger partial charge < -0.3 is 10.2 Å². The van der Waals surface area contributed by atoms with Crippen LogP contribution in [0.25, 0.3) is 11.1 Å². The van der Waals surface area contributed by atoms with Crippen LogP contribution in [0.5, 0.6) is 0 Å². The van der Waals surface area contributed by atoms with Crippen molar-refractivity contribution in [3.05, 3.63) is 111 Å². The third-order valence-electron chi connectivity index (χ3n) is 6.19. The predicted molar refractivity (Wildman–Crippen MR) is 134 cm³/mol. The minimum Gasteiger partial charge on any atom is -0.333 e. The number of hydrogen-bond acceptors (Lipinski definition) is 3. The van der Waals surface area contributed by atoms with E-state index in [1.807, 2.05) is 34.5 Å². The summed E-state index contributed by atoms with van der Waals surface area (Å²) < 4.78 is 38.8. The quantitative estimate of drug-likeness (QED) is 0.328. The van der Waals surface area contributed by atoms with E-state index < -0.39 is 11.7 Å². The summed E-state index contributed by atoms with van der Waals surface area (Å²) in [5.74, 6) is -0.330. The summed E-state index contributed by atoms with van der Waals surface area (Å²) in [6.45, 7) is 1.11. The van der Waals surface area contributed by atoms with Gasteiger partial charge in [-0.2, -0.15) is 13.2 Å². The molecular formula is C28H21F3N2O2S. The first-order chi connectivity index (χ1) is 17.3. The maximum absolute atomic E-state index is 13.1. The molecule has 5 rings (SSSR count). The Morgan fingerprint density at radius 3 is 2.39 bits per heavy atom. The van der Waals surface area contributed by atoms with Crippen LogP contribution in [-0.2, 0) is 19.1 Å². The van der Waals surface area contributed by atoms with Crippen LogP contribution in [0.2, 0.25) is 0 Å². The van der Waals surface area contributed by atoms with E-state index in [1.165, 1.54) is 23.5 Å². The molecule has 36 heavy (non-hydrogen) atoms. The molecule has 0 aliphatic carbocycles. The molecule has 1 aromatic heterocycles. The first kappa shape index (κ1) is 23.8. The maximum Gasteiger partial charge on any atom is 0.416 e. The highest BCUT2D eigenvalue weighted by atomic mass is 32.1. The highest BCUT2D eigenvalue weighted by Gasteiger charge is 2.30. The van der Waals surface area contributed by atoms with Gasteiger partial charge in [-0.25, -0.2) is 0 Å². The Kier molecular flexibility index (Phi) is 6.36. The van der Waals surface area contributed by atoms with Crippen LogP contribution in [0.1, 0.15) is 36.7 Å². The van der Waals surface area contributed by atoms with Gasteiger partial charge in [0.05, 0.1) is 10.4 Å². The van der Waals surface area contributed by atoms with Gasteiger partial charge in [-0.15, -0.1) is 11.3 Å². The van der Waals surface area contributed by atoms with Gasteiger partial charge in [0.1, 0.15) is 0 Å². The standard InChI is InChI=1S/C28H21F3N2O2S/c29-28(30,31)21-10-7-18(8-11-21)23-4-1-2-5-24(23)26(34)32-22-12-9-20-17-33(14-13-19(20)16-22)27(35)25-6-3-15-36-25/h1-12,15-16H,13-14,17H2,(H,32,34). The second-order valence-electron chi connectivity index (χ2n) is 8.51. The molecule has 0 fully saturated rings. The maximum atomic E-state index is 13.1. The first-order valence-corrected chi connectivity index (χ1v) is 12.2. The van der Waals surface area contributed by atoms with Gasteiger partial charge in [0.2, 0.25) is 0 Å². The molecule has 0 unspecified atom stereocenters. The number of amides is 2. The van der Waals surface area contributed by atoms with Gasteiger partial charge in [0.15, 0.2) is 0 Å². The number of halogens is 3. The van der Waals surface area contributed by atoms with E-state index in [0.717, 1.165) is 23.3 Å². The van der Waals surface area contributed by atoms with E-state index in [1.54, 1.807) is 30.3 Å². The fourth-order valence-electron chi connectivity index (χ4n) is 4.33. The third kappa shape index (κ3) is 4.90. The Morgan fingerprint density at radius 1 is 0.889 bits per heavy atom. The van der Waals surface area contributed by atoms with Crippen LogP contribution in [0.15, 0.2) is 84.2 Å². The molecule has 3 aromatic carbocycles. The van der Waals surface area contributed by atoms with Crippen molar-refractivity contribution in [1.29, 1.82) is 0 Å². The minimum absolute atomic E-state index is 0.0212. The van der Waals surface area contributed by atoms with Gasteiger partial charge in [0, 0.05) is 24.3 Å². The summed E-state index contributed by atoms with van der Waals surface area (Å²) in [5.41, 5.74) is 3.42. The summed E-state index contributed by atoms with van der Waals surface area (Å²) >= 11 is 1.43. The molecular weight excluding hydrogens is 485 g/mol. The average Bonchev–Trinajstić information content (AvgIpc) is 3.43. The molecule has 4 aromatic rings. The van der Waals surface area contributed by atoms with E-state index >= 15 is 0 Å². The number of carbonyl (C=O) groups is 2. The van der Waals surface area contributed by atoms with Crippen LogP contribution >= 0.6 is 11.3 Å². The molecule has 182 valence electrons. The zero-order chi connectivity index (χ0) is 25.3. The largest absolute Gasteiger partial charge is 0.416 e. The molecule has 1 aliphatic heterocycles. The minimum atomic E-state index is -4.42. The van der Waals surface area contributed by atoms with Crippen LogP contribution in [0.4, 0.5) is 18.9 Å². The molecule has 0 radical (unpaired) electrons. The van der Waals surface area contributed by atoms with Crippen molar-refractivity contribution >= 4 is 28.8 Å². The summed E-state index contributed by atoms with van der Waals surface area (Å²) in [7, 11) is 0. The lowest BCUT2D eigenvalue weighted by atomic mass is 9.97. The lowest BCUT2D eigenvalue weighted by Crippen LogP contribution is -2.35. The number of thiophene rings is 1. The second-order valence-corrected chi connectivity index (χ2v) is 9.46. The van der Waals surface area contributed by atoms with Crippen LogP contribution in [0.3, 0.4) is 0 Å². The SMILES string of the molecule is O=C(Nc1ccc2c(c1)CCN(C(=O)c1cccs1)C2)c1ccccc1-c1ccc(C(F)(F)F)cc1. The molecule has 0 bridgehead atoms. The molecule has 2 heterocycles. The van der Waals surface area contributed by atoms with Gasteiger partial charge in [0.25, 0.3) is 11.8 Å². The Labute approximate surface area is 210 Å². The number of hydrogen-bond donors (Lipinski definition) is 1. The van der Waals surface area contributed by atoms with E-state index in [9.17, 15) is 22.8 Å². The number of carbonyl (C=O) groups excluding carboxylic acids is 2. The smallest absolute Gasteiger partial charge is 0.333 e. The van der Waals surface area contributed by atoms with Crippen molar-refractivity contribution in [3.63, 3.8) is 0 Å². The zero-order valence-corrected chi connectivity index (χ0v) is 19.8. The second kappa shape index (κ2) is 9.62. The summed E-state index contributed by atoms with van der Waals surface area (Å²) in [5, 5.41) is 4.80. The summed E-state index contributed by atoms with van der Waals surface area (Å²) in [6.07, 6.45) is -3.74. The van der Waals surface area contributed by atoms with Crippen molar-refractivity contribution in [2.24, 2.45) is 0 Å². The van der Waals surface area contributed by atoms with E-state index in [-0.39, 0.29) is 11.8 Å². The fourth-order valence-corrected chi connectivity index (χ4v) is 5.02. The average molecular weight is 507 g/mol. The van der Waals surface area contributed by atoms with Crippen LogP contribution in [0, 0.1) is 0 Å². The van der Waals surface area contributed by atoms with Crippen molar-refractivity contribution in [1.82, 2.24) is 4.90 Å². The number of benzene rings is 3. The van der Waals surface area contributed by atoms with Crippen molar-refractivity contribution < 1.29 is 22.8 Å². The third-order valence-corrected chi connectivity index (χ3v) is 7.05. The Morgan fingerprint density at radius 2 is 1.67 bits per heavy atom. The fraction of sp³-hybridized carbons (Fsp3) is 0.143. The van der Waals surface area contributed by atoms with Crippen LogP contribution in [-0.4, -0.2) is 23.3 Å². The summed E-state index contributed by atoms with van der Waals surface area (Å²) in [4.78, 5) is 28.4. The summed E-state index contributed by atoms with van der Waals surface area (Å²) in [6, 6.07) is 20.9. The molecule has 1 aliphatic rings. The number of rotatable bonds is 4. The Bertz CT molecular complexity index is 1410. The van der Waals surface area contributed by atoms with Crippen LogP contribution < -0.4 is 5.32 Å². The lowest BCUT2D eigenvalue weighted by Gasteiger charge is -2.29. The van der Waals surface area contributed by atoms with Gasteiger partial charge in [-0.1, -0.05) is 42.5 Å². The topological polar surface area (TPSA) is 49.4 Å². The predicted octanol–water partition coefficient (Wildman–Crippen LogP) is 6.88. The van der Waals surface area contributed by atoms with Crippen molar-refractivity contribution in [2.75, 3.05) is 11.9 Å². The monoisotopic (exact) mass is 506 g/mol. The highest BCUT2D eigenvalue weighted by molar-refractivity contribution is 7.12. The Hall–Kier alpha value is -3.91. The zero-order valence-electron chi connectivity index (χ0n) is 19.0. The molecule has 8 heteroatoms. The van der Waals surface area contributed by atoms with Gasteiger partial charge >= 0.3 is 6.18 Å². The van der Waals surface area contributed by atoms with Crippen molar-refractivity contribution in [2.45, 2.75) is 19.1 Å². The molecule has 2 amide bonds. The molecule has 0 saturated carbocycles. The number of anilines is 1. The molecule has 0 saturated heterocycles.